The Morgan fingerprint density at radius 1 is 1.38 bits per heavy atom. The van der Waals surface area contributed by atoms with Gasteiger partial charge in [-0.1, -0.05) is 0 Å². The highest BCUT2D eigenvalue weighted by molar-refractivity contribution is 5.97. The lowest BCUT2D eigenvalue weighted by Gasteiger charge is -2.36. The Kier molecular flexibility index (Phi) is 6.04. The second-order valence-corrected chi connectivity index (χ2v) is 5.35. The van der Waals surface area contributed by atoms with Crippen molar-refractivity contribution in [1.29, 1.82) is 0 Å². The predicted octanol–water partition coefficient (Wildman–Crippen LogP) is 1.02. The third-order valence-corrected chi connectivity index (χ3v) is 3.86. The third kappa shape index (κ3) is 3.98. The Bertz CT molecular complexity index is 617. The Balaban J connectivity index is 2.34. The predicted molar refractivity (Wildman–Crippen MR) is 84.7 cm³/mol. The highest BCUT2D eigenvalue weighted by Crippen LogP contribution is 2.31. The molecule has 1 aliphatic rings. The summed E-state index contributed by atoms with van der Waals surface area (Å²) in [6.45, 7) is 4.36. The number of esters is 1. The number of hydrogen-bond donors (Lipinski definition) is 1. The molecule has 0 amide bonds. The van der Waals surface area contributed by atoms with Gasteiger partial charge in [-0.15, -0.1) is 0 Å². The molecular formula is C15H20FN3O5. The molecule has 8 nitrogen and oxygen atoms in total. The second kappa shape index (κ2) is 8.02. The molecule has 1 heterocycles. The Hall–Kier alpha value is -2.26. The number of ether oxygens (including phenoxy) is 1. The number of nitro groups is 1. The minimum atomic E-state index is -0.817. The summed E-state index contributed by atoms with van der Waals surface area (Å²) in [6, 6.07) is 1.87. The number of β-amino-alcohol motifs (C(OH)–C–C–N with tert-alkyl or cyclic N) is 1. The number of aliphatic hydroxyl groups is 1. The van der Waals surface area contributed by atoms with E-state index in [4.69, 9.17) is 9.84 Å². The van der Waals surface area contributed by atoms with E-state index in [-0.39, 0.29) is 24.5 Å². The van der Waals surface area contributed by atoms with Gasteiger partial charge in [-0.25, -0.2) is 9.18 Å². The van der Waals surface area contributed by atoms with E-state index in [1.807, 2.05) is 4.90 Å². The highest BCUT2D eigenvalue weighted by Gasteiger charge is 2.28. The van der Waals surface area contributed by atoms with Crippen molar-refractivity contribution >= 4 is 17.3 Å². The van der Waals surface area contributed by atoms with Gasteiger partial charge in [0.05, 0.1) is 35.5 Å². The molecule has 1 saturated heterocycles. The minimum Gasteiger partial charge on any atom is -0.462 e. The summed E-state index contributed by atoms with van der Waals surface area (Å²) in [5.74, 6) is -1.60. The Morgan fingerprint density at radius 2 is 2.04 bits per heavy atom. The number of nitro benzene ring substituents is 1. The lowest BCUT2D eigenvalue weighted by molar-refractivity contribution is -0.385. The van der Waals surface area contributed by atoms with Crippen molar-refractivity contribution in [2.24, 2.45) is 0 Å². The van der Waals surface area contributed by atoms with Gasteiger partial charge in [0.1, 0.15) is 0 Å². The van der Waals surface area contributed by atoms with Crippen LogP contribution in [0.2, 0.25) is 0 Å². The van der Waals surface area contributed by atoms with Gasteiger partial charge in [-0.05, 0) is 6.92 Å². The van der Waals surface area contributed by atoms with Gasteiger partial charge < -0.3 is 14.7 Å². The van der Waals surface area contributed by atoms with Gasteiger partial charge in [-0.2, -0.15) is 0 Å². The van der Waals surface area contributed by atoms with E-state index in [2.05, 4.69) is 0 Å². The number of non-ortho nitro benzene ring substituents is 1. The van der Waals surface area contributed by atoms with E-state index in [0.29, 0.717) is 32.7 Å². The number of rotatable bonds is 6. The van der Waals surface area contributed by atoms with Crippen molar-refractivity contribution in [3.63, 3.8) is 0 Å². The van der Waals surface area contributed by atoms with E-state index in [1.165, 1.54) is 0 Å². The molecule has 0 spiro atoms. The van der Waals surface area contributed by atoms with Crippen molar-refractivity contribution in [3.05, 3.63) is 33.6 Å². The number of aliphatic hydroxyl groups excluding tert-OH is 1. The lowest BCUT2D eigenvalue weighted by Crippen LogP contribution is -2.47. The first-order valence-corrected chi connectivity index (χ1v) is 7.71. The highest BCUT2D eigenvalue weighted by atomic mass is 19.1. The SMILES string of the molecule is CCOC(=O)c1cc([N+](=O)[O-])cc(F)c1N1CCN(CCO)CC1. The van der Waals surface area contributed by atoms with E-state index >= 15 is 0 Å². The summed E-state index contributed by atoms with van der Waals surface area (Å²) >= 11 is 0. The molecule has 1 aromatic rings. The smallest absolute Gasteiger partial charge is 0.340 e. The average molecular weight is 341 g/mol. The monoisotopic (exact) mass is 341 g/mol. The van der Waals surface area contributed by atoms with E-state index < -0.39 is 22.4 Å². The van der Waals surface area contributed by atoms with Crippen LogP contribution < -0.4 is 4.90 Å². The van der Waals surface area contributed by atoms with Crippen molar-refractivity contribution < 1.29 is 24.0 Å². The molecule has 132 valence electrons. The molecule has 9 heteroatoms. The molecule has 0 bridgehead atoms. The molecule has 1 aliphatic heterocycles. The zero-order valence-electron chi connectivity index (χ0n) is 13.4. The fourth-order valence-electron chi connectivity index (χ4n) is 2.71. The van der Waals surface area contributed by atoms with Crippen LogP contribution in [0.25, 0.3) is 0 Å². The average Bonchev–Trinajstić information content (AvgIpc) is 2.55. The van der Waals surface area contributed by atoms with Crippen LogP contribution >= 0.6 is 0 Å². The molecule has 0 saturated carbocycles. The van der Waals surface area contributed by atoms with Gasteiger partial charge >= 0.3 is 5.97 Å². The number of halogens is 1. The Morgan fingerprint density at radius 3 is 2.58 bits per heavy atom. The number of anilines is 1. The fourth-order valence-corrected chi connectivity index (χ4v) is 2.71. The molecule has 24 heavy (non-hydrogen) atoms. The second-order valence-electron chi connectivity index (χ2n) is 5.35. The maximum Gasteiger partial charge on any atom is 0.340 e. The summed E-state index contributed by atoms with van der Waals surface area (Å²) in [5.41, 5.74) is -0.597. The summed E-state index contributed by atoms with van der Waals surface area (Å²) in [7, 11) is 0. The number of nitrogens with zero attached hydrogens (tertiary/aromatic N) is 3. The van der Waals surface area contributed by atoms with Crippen molar-refractivity contribution in [2.45, 2.75) is 6.92 Å². The molecule has 0 aromatic heterocycles. The van der Waals surface area contributed by atoms with Crippen LogP contribution in [0.1, 0.15) is 17.3 Å². The molecule has 2 rings (SSSR count). The molecule has 0 unspecified atom stereocenters. The maximum atomic E-state index is 14.5. The first-order chi connectivity index (χ1) is 11.5. The number of piperazine rings is 1. The number of hydrogen-bond acceptors (Lipinski definition) is 7. The topological polar surface area (TPSA) is 96.1 Å². The molecule has 1 N–H and O–H groups in total. The van der Waals surface area contributed by atoms with E-state index in [9.17, 15) is 19.3 Å². The molecule has 1 aromatic carbocycles. The van der Waals surface area contributed by atoms with Crippen molar-refractivity contribution in [2.75, 3.05) is 50.8 Å². The first-order valence-electron chi connectivity index (χ1n) is 7.71. The number of carbonyl (C=O) groups is 1. The maximum absolute atomic E-state index is 14.5. The van der Waals surface area contributed by atoms with Crippen LogP contribution in [0.5, 0.6) is 0 Å². The van der Waals surface area contributed by atoms with Crippen LogP contribution in [0.4, 0.5) is 15.8 Å². The van der Waals surface area contributed by atoms with E-state index in [0.717, 1.165) is 12.1 Å². The van der Waals surface area contributed by atoms with Crippen molar-refractivity contribution in [1.82, 2.24) is 4.90 Å². The molecule has 0 atom stereocenters. The van der Waals surface area contributed by atoms with Crippen LogP contribution in [-0.2, 0) is 4.74 Å². The molecule has 1 fully saturated rings. The normalized spacial score (nSPS) is 15.4. The quantitative estimate of drug-likeness (QED) is 0.469. The number of benzene rings is 1. The molecule has 0 radical (unpaired) electrons. The van der Waals surface area contributed by atoms with E-state index in [1.54, 1.807) is 11.8 Å². The van der Waals surface area contributed by atoms with Crippen LogP contribution in [-0.4, -0.2) is 66.8 Å². The van der Waals surface area contributed by atoms with Gasteiger partial charge in [0, 0.05) is 38.8 Å². The van der Waals surface area contributed by atoms with Gasteiger partial charge in [0.15, 0.2) is 5.82 Å². The van der Waals surface area contributed by atoms with Gasteiger partial charge in [-0.3, -0.25) is 15.0 Å². The number of carbonyl (C=O) groups excluding carboxylic acids is 1. The molecule has 0 aliphatic carbocycles. The van der Waals surface area contributed by atoms with Gasteiger partial charge in [0.25, 0.3) is 5.69 Å². The zero-order valence-corrected chi connectivity index (χ0v) is 13.4. The van der Waals surface area contributed by atoms with Crippen LogP contribution in [0.3, 0.4) is 0 Å². The van der Waals surface area contributed by atoms with Crippen LogP contribution in [0.15, 0.2) is 12.1 Å². The third-order valence-electron chi connectivity index (χ3n) is 3.86. The van der Waals surface area contributed by atoms with Crippen molar-refractivity contribution in [3.8, 4) is 0 Å². The largest absolute Gasteiger partial charge is 0.462 e. The summed E-state index contributed by atoms with van der Waals surface area (Å²) in [5, 5.41) is 19.9. The summed E-state index contributed by atoms with van der Waals surface area (Å²) in [6.07, 6.45) is 0. The fraction of sp³-hybridized carbons (Fsp3) is 0.533. The Labute approximate surface area is 138 Å². The zero-order chi connectivity index (χ0) is 17.7. The summed E-state index contributed by atoms with van der Waals surface area (Å²) < 4.78 is 19.4. The van der Waals surface area contributed by atoms with Gasteiger partial charge in [0.2, 0.25) is 0 Å². The minimum absolute atomic E-state index is 0.0303. The first kappa shape index (κ1) is 18.1. The molecular weight excluding hydrogens is 321 g/mol. The standard InChI is InChI=1S/C15H20FN3O5/c1-2-24-15(21)12-9-11(19(22)23)10-13(16)14(12)18-5-3-17(4-6-18)7-8-20/h9-10,20H,2-8H2,1H3. The lowest BCUT2D eigenvalue weighted by atomic mass is 10.1. The summed E-state index contributed by atoms with van der Waals surface area (Å²) in [4.78, 5) is 26.0. The van der Waals surface area contributed by atoms with Crippen LogP contribution in [0, 0.1) is 15.9 Å².